The van der Waals surface area contributed by atoms with Gasteiger partial charge in [-0.15, -0.1) is 0 Å². The van der Waals surface area contributed by atoms with E-state index in [1.165, 1.54) is 0 Å². The van der Waals surface area contributed by atoms with Crippen LogP contribution in [0.5, 0.6) is 0 Å². The van der Waals surface area contributed by atoms with Crippen molar-refractivity contribution in [2.24, 2.45) is 11.1 Å². The van der Waals surface area contributed by atoms with Crippen LogP contribution in [-0.4, -0.2) is 45.9 Å². The molecule has 0 heterocycles. The van der Waals surface area contributed by atoms with Crippen molar-refractivity contribution in [1.29, 1.82) is 0 Å². The Morgan fingerprint density at radius 2 is 1.44 bits per heavy atom. The zero-order valence-electron chi connectivity index (χ0n) is 18.0. The summed E-state index contributed by atoms with van der Waals surface area (Å²) in [5.41, 5.74) is 10.1. The molecule has 1 amide bonds. The number of benzene rings is 1. The van der Waals surface area contributed by atoms with Gasteiger partial charge in [0.1, 0.15) is 0 Å². The average molecular weight is 398 g/mol. The number of hydrogen-bond donors (Lipinski definition) is 2. The summed E-state index contributed by atoms with van der Waals surface area (Å²) in [6, 6.07) is 0. The summed E-state index contributed by atoms with van der Waals surface area (Å²) in [6.07, 6.45) is 0.109. The second-order valence-electron chi connectivity index (χ2n) is 8.22. The van der Waals surface area contributed by atoms with Gasteiger partial charge in [0.15, 0.2) is 0 Å². The third kappa shape index (κ3) is 5.53. The van der Waals surface area contributed by atoms with Crippen LogP contribution in [0.1, 0.15) is 48.1 Å². The molecule has 0 radical (unpaired) electrons. The minimum Gasteiger partial charge on any atom is -0.345 e. The zero-order valence-corrected chi connectivity index (χ0v) is 18.8. The van der Waals surface area contributed by atoms with E-state index >= 15 is 0 Å². The van der Waals surface area contributed by atoms with Gasteiger partial charge in [-0.25, -0.2) is 13.1 Å². The number of nitrogens with two attached hydrogens (primary N) is 1. The van der Waals surface area contributed by atoms with E-state index in [1.54, 1.807) is 11.9 Å². The highest BCUT2D eigenvalue weighted by Gasteiger charge is 2.24. The molecule has 0 unspecified atom stereocenters. The molecule has 1 rings (SSSR count). The highest BCUT2D eigenvalue weighted by Crippen LogP contribution is 2.29. The molecule has 0 saturated carbocycles. The number of nitrogens with one attached hydrogen (secondary N) is 1. The van der Waals surface area contributed by atoms with Crippen LogP contribution >= 0.6 is 0 Å². The molecule has 0 aliphatic rings. The van der Waals surface area contributed by atoms with Crippen LogP contribution in [-0.2, 0) is 14.8 Å². The molecule has 7 heteroatoms. The van der Waals surface area contributed by atoms with Crippen molar-refractivity contribution in [2.75, 3.05) is 26.7 Å². The Balaban J connectivity index is 2.88. The lowest BCUT2D eigenvalue weighted by atomic mass is 9.93. The van der Waals surface area contributed by atoms with Gasteiger partial charge < -0.3 is 10.6 Å². The third-order valence-electron chi connectivity index (χ3n) is 5.47. The summed E-state index contributed by atoms with van der Waals surface area (Å²) in [5.74, 6) is -0.107. The van der Waals surface area contributed by atoms with Crippen LogP contribution in [0.3, 0.4) is 0 Å². The van der Waals surface area contributed by atoms with Gasteiger partial charge in [0.05, 0.1) is 4.90 Å². The Morgan fingerprint density at radius 3 is 1.89 bits per heavy atom. The number of hydrogen-bond acceptors (Lipinski definition) is 4. The average Bonchev–Trinajstić information content (AvgIpc) is 2.57. The predicted octanol–water partition coefficient (Wildman–Crippen LogP) is 2.34. The van der Waals surface area contributed by atoms with Gasteiger partial charge in [-0.1, -0.05) is 13.8 Å². The van der Waals surface area contributed by atoms with E-state index in [1.807, 2.05) is 48.5 Å². The van der Waals surface area contributed by atoms with Crippen molar-refractivity contribution < 1.29 is 13.2 Å². The normalized spacial score (nSPS) is 12.3. The molecule has 0 atom stereocenters. The first-order valence-electron chi connectivity index (χ1n) is 9.26. The molecule has 0 aliphatic heterocycles. The maximum Gasteiger partial charge on any atom is 0.241 e. The minimum atomic E-state index is -3.69. The lowest BCUT2D eigenvalue weighted by Gasteiger charge is -2.29. The van der Waals surface area contributed by atoms with E-state index in [0.29, 0.717) is 18.0 Å². The van der Waals surface area contributed by atoms with Crippen LogP contribution in [0.25, 0.3) is 0 Å². The summed E-state index contributed by atoms with van der Waals surface area (Å²) in [7, 11) is -1.97. The van der Waals surface area contributed by atoms with Gasteiger partial charge in [-0.05, 0) is 74.4 Å². The zero-order chi connectivity index (χ0) is 21.2. The fraction of sp³-hybridized carbons (Fsp3) is 0.650. The van der Waals surface area contributed by atoms with Crippen molar-refractivity contribution >= 4 is 15.9 Å². The summed E-state index contributed by atoms with van der Waals surface area (Å²) in [4.78, 5) is 14.2. The van der Waals surface area contributed by atoms with Crippen molar-refractivity contribution in [2.45, 2.75) is 59.8 Å². The first-order valence-corrected chi connectivity index (χ1v) is 10.7. The third-order valence-corrected chi connectivity index (χ3v) is 7.21. The molecule has 0 spiro atoms. The smallest absolute Gasteiger partial charge is 0.241 e. The molecule has 3 N–H and O–H groups in total. The maximum atomic E-state index is 12.9. The standard InChI is InChI=1S/C20H35N3O3S/c1-13-14(2)16(4)19(17(5)15(13)3)27(25,26)22-10-9-18(24)23(8)12-20(6,7)11-21/h22H,9-12,21H2,1-8H3. The SMILES string of the molecule is Cc1c(C)c(C)c(S(=O)(=O)NCCC(=O)N(C)CC(C)(C)CN)c(C)c1C. The summed E-state index contributed by atoms with van der Waals surface area (Å²) < 4.78 is 28.3. The molecular formula is C20H35N3O3S. The van der Waals surface area contributed by atoms with Crippen LogP contribution in [0.4, 0.5) is 0 Å². The second kappa shape index (κ2) is 8.71. The Labute approximate surface area is 164 Å². The van der Waals surface area contributed by atoms with Crippen molar-refractivity contribution in [1.82, 2.24) is 9.62 Å². The number of amides is 1. The number of carbonyl (C=O) groups excluding carboxylic acids is 1. The van der Waals surface area contributed by atoms with E-state index in [9.17, 15) is 13.2 Å². The number of sulfonamides is 1. The van der Waals surface area contributed by atoms with Gasteiger partial charge in [0.25, 0.3) is 0 Å². The van der Waals surface area contributed by atoms with E-state index in [4.69, 9.17) is 5.73 Å². The molecule has 0 aliphatic carbocycles. The Bertz CT molecular complexity index is 785. The monoisotopic (exact) mass is 397 g/mol. The summed E-state index contributed by atoms with van der Waals surface area (Å²) >= 11 is 0. The second-order valence-corrected chi connectivity index (χ2v) is 9.92. The fourth-order valence-electron chi connectivity index (χ4n) is 3.22. The van der Waals surface area contributed by atoms with E-state index in [0.717, 1.165) is 27.8 Å². The molecule has 1 aromatic rings. The van der Waals surface area contributed by atoms with Gasteiger partial charge in [-0.3, -0.25) is 4.79 Å². The Morgan fingerprint density at radius 1 is 1.00 bits per heavy atom. The molecular weight excluding hydrogens is 362 g/mol. The highest BCUT2D eigenvalue weighted by atomic mass is 32.2. The largest absolute Gasteiger partial charge is 0.345 e. The van der Waals surface area contributed by atoms with Gasteiger partial charge in [0.2, 0.25) is 15.9 Å². The lowest BCUT2D eigenvalue weighted by molar-refractivity contribution is -0.130. The molecule has 0 saturated heterocycles. The van der Waals surface area contributed by atoms with E-state index in [2.05, 4.69) is 4.72 Å². The van der Waals surface area contributed by atoms with Gasteiger partial charge in [0, 0.05) is 26.6 Å². The fourth-order valence-corrected chi connectivity index (χ4v) is 4.85. The highest BCUT2D eigenvalue weighted by molar-refractivity contribution is 7.89. The number of nitrogens with zero attached hydrogens (tertiary/aromatic N) is 1. The quantitative estimate of drug-likeness (QED) is 0.704. The first kappa shape index (κ1) is 23.6. The number of rotatable bonds is 8. The molecule has 6 nitrogen and oxygen atoms in total. The molecule has 0 fully saturated rings. The van der Waals surface area contributed by atoms with E-state index in [-0.39, 0.29) is 24.3 Å². The molecule has 154 valence electrons. The Hall–Kier alpha value is -1.44. The maximum absolute atomic E-state index is 12.9. The minimum absolute atomic E-state index is 0.0689. The van der Waals surface area contributed by atoms with Crippen molar-refractivity contribution in [3.63, 3.8) is 0 Å². The van der Waals surface area contributed by atoms with Crippen molar-refractivity contribution in [3.8, 4) is 0 Å². The summed E-state index contributed by atoms with van der Waals surface area (Å²) in [6.45, 7) is 14.6. The van der Waals surface area contributed by atoms with Crippen LogP contribution in [0.15, 0.2) is 4.90 Å². The topological polar surface area (TPSA) is 92.5 Å². The Kier molecular flexibility index (Phi) is 7.61. The van der Waals surface area contributed by atoms with Gasteiger partial charge in [-0.2, -0.15) is 0 Å². The molecule has 27 heavy (non-hydrogen) atoms. The first-order chi connectivity index (χ1) is 12.2. The molecule has 0 bridgehead atoms. The van der Waals surface area contributed by atoms with Crippen molar-refractivity contribution in [3.05, 3.63) is 27.8 Å². The number of carbonyl (C=O) groups is 1. The predicted molar refractivity (Wildman–Crippen MR) is 110 cm³/mol. The van der Waals surface area contributed by atoms with Crippen LogP contribution in [0.2, 0.25) is 0 Å². The molecule has 0 aromatic heterocycles. The van der Waals surface area contributed by atoms with Crippen LogP contribution in [0, 0.1) is 40.0 Å². The van der Waals surface area contributed by atoms with Gasteiger partial charge >= 0.3 is 0 Å². The van der Waals surface area contributed by atoms with E-state index < -0.39 is 10.0 Å². The lowest BCUT2D eigenvalue weighted by Crippen LogP contribution is -2.40. The van der Waals surface area contributed by atoms with Crippen LogP contribution < -0.4 is 10.5 Å². The summed E-state index contributed by atoms with van der Waals surface area (Å²) in [5, 5.41) is 0. The molecule has 1 aromatic carbocycles.